The molecule has 102 valence electrons. The number of hydrogen-bond acceptors (Lipinski definition) is 5. The second-order valence-corrected chi connectivity index (χ2v) is 7.11. The number of halogens is 1. The van der Waals surface area contributed by atoms with Gasteiger partial charge in [-0.1, -0.05) is 20.8 Å². The topological polar surface area (TPSA) is 51.8 Å². The van der Waals surface area contributed by atoms with Crippen LogP contribution in [0.4, 0.5) is 0 Å². The van der Waals surface area contributed by atoms with Crippen molar-refractivity contribution in [2.45, 2.75) is 50.3 Å². The molecule has 0 N–H and O–H groups in total. The Hall–Kier alpha value is -0.880. The Morgan fingerprint density at radius 3 is 2.37 bits per heavy atom. The summed E-state index contributed by atoms with van der Waals surface area (Å²) in [5.41, 5.74) is 0.813. The highest BCUT2D eigenvalue weighted by Gasteiger charge is 2.19. The lowest BCUT2D eigenvalue weighted by molar-refractivity contribution is 0.430. The molecule has 0 radical (unpaired) electrons. The van der Waals surface area contributed by atoms with E-state index in [0.29, 0.717) is 5.22 Å². The third-order valence-corrected chi connectivity index (χ3v) is 3.72. The quantitative estimate of drug-likeness (QED) is 0.762. The summed E-state index contributed by atoms with van der Waals surface area (Å²) in [5, 5.41) is 1.44. The Balaban J connectivity index is 2.32. The number of nitrogens with zero attached hydrogens (tertiary/aromatic N) is 3. The molecule has 0 saturated heterocycles. The van der Waals surface area contributed by atoms with E-state index in [0.717, 1.165) is 26.9 Å². The van der Waals surface area contributed by atoms with Crippen LogP contribution >= 0.6 is 27.7 Å². The van der Waals surface area contributed by atoms with E-state index >= 15 is 0 Å². The molecule has 0 aromatic carbocycles. The van der Waals surface area contributed by atoms with Crippen molar-refractivity contribution in [1.29, 1.82) is 0 Å². The zero-order valence-corrected chi connectivity index (χ0v) is 14.0. The number of hydrogen-bond donors (Lipinski definition) is 0. The fourth-order valence-corrected chi connectivity index (χ4v) is 2.73. The van der Waals surface area contributed by atoms with Crippen molar-refractivity contribution >= 4 is 27.7 Å². The molecule has 0 aliphatic heterocycles. The van der Waals surface area contributed by atoms with Crippen LogP contribution in [0.15, 0.2) is 25.3 Å². The van der Waals surface area contributed by atoms with Crippen molar-refractivity contribution in [3.8, 4) is 0 Å². The van der Waals surface area contributed by atoms with Crippen LogP contribution in [0.3, 0.4) is 0 Å². The fraction of sp³-hybridized carbons (Fsp3) is 0.462. The first-order valence-electron chi connectivity index (χ1n) is 5.92. The Kier molecular flexibility index (Phi) is 4.01. The molecule has 2 heterocycles. The maximum atomic E-state index is 5.56. The van der Waals surface area contributed by atoms with Gasteiger partial charge in [0.1, 0.15) is 21.2 Å². The SMILES string of the molecule is Cc1nc(Sc2cc(Br)nc(C(C)(C)C)n2)oc1C. The third-order valence-electron chi connectivity index (χ3n) is 2.54. The predicted octanol–water partition coefficient (Wildman–Crippen LogP) is 4.29. The molecular formula is C13H16BrN3OS. The van der Waals surface area contributed by atoms with Crippen LogP contribution in [0.25, 0.3) is 0 Å². The van der Waals surface area contributed by atoms with E-state index in [-0.39, 0.29) is 5.41 Å². The monoisotopic (exact) mass is 341 g/mol. The van der Waals surface area contributed by atoms with Gasteiger partial charge in [0.05, 0.1) is 5.69 Å². The Morgan fingerprint density at radius 2 is 1.84 bits per heavy atom. The highest BCUT2D eigenvalue weighted by molar-refractivity contribution is 9.10. The van der Waals surface area contributed by atoms with Crippen molar-refractivity contribution in [2.75, 3.05) is 0 Å². The van der Waals surface area contributed by atoms with Gasteiger partial charge in [-0.25, -0.2) is 15.0 Å². The van der Waals surface area contributed by atoms with Gasteiger partial charge in [-0.2, -0.15) is 0 Å². The van der Waals surface area contributed by atoms with E-state index in [9.17, 15) is 0 Å². The fourth-order valence-electron chi connectivity index (χ4n) is 1.36. The summed E-state index contributed by atoms with van der Waals surface area (Å²) in [6.07, 6.45) is 0. The first-order valence-corrected chi connectivity index (χ1v) is 7.53. The van der Waals surface area contributed by atoms with Gasteiger partial charge in [-0.3, -0.25) is 0 Å². The minimum Gasteiger partial charge on any atom is -0.436 e. The maximum Gasteiger partial charge on any atom is 0.262 e. The van der Waals surface area contributed by atoms with Gasteiger partial charge in [0, 0.05) is 11.5 Å². The molecule has 4 nitrogen and oxygen atoms in total. The minimum absolute atomic E-state index is 0.0957. The average molecular weight is 342 g/mol. The molecule has 0 spiro atoms. The lowest BCUT2D eigenvalue weighted by atomic mass is 9.96. The third kappa shape index (κ3) is 3.57. The highest BCUT2D eigenvalue weighted by atomic mass is 79.9. The Bertz CT molecular complexity index is 585. The zero-order valence-electron chi connectivity index (χ0n) is 11.6. The average Bonchev–Trinajstić information content (AvgIpc) is 2.55. The molecule has 0 bridgehead atoms. The molecular weight excluding hydrogens is 326 g/mol. The van der Waals surface area contributed by atoms with Gasteiger partial charge in [-0.05, 0) is 41.5 Å². The lowest BCUT2D eigenvalue weighted by Crippen LogP contribution is -2.16. The maximum absolute atomic E-state index is 5.56. The van der Waals surface area contributed by atoms with Crippen molar-refractivity contribution in [2.24, 2.45) is 0 Å². The summed E-state index contributed by atoms with van der Waals surface area (Å²) in [7, 11) is 0. The molecule has 0 aliphatic rings. The van der Waals surface area contributed by atoms with Gasteiger partial charge >= 0.3 is 0 Å². The number of oxazole rings is 1. The Labute approximate surface area is 125 Å². The molecule has 6 heteroatoms. The standard InChI is InChI=1S/C13H16BrN3OS/c1-7-8(2)18-12(15-7)19-10-6-9(14)16-11(17-10)13(3,4)5/h6H,1-5H3. The summed E-state index contributed by atoms with van der Waals surface area (Å²) in [5.74, 6) is 1.64. The predicted molar refractivity (Wildman–Crippen MR) is 78.5 cm³/mol. The largest absolute Gasteiger partial charge is 0.436 e. The van der Waals surface area contributed by atoms with Crippen LogP contribution in [-0.4, -0.2) is 15.0 Å². The molecule has 0 unspecified atom stereocenters. The van der Waals surface area contributed by atoms with E-state index in [1.807, 2.05) is 19.9 Å². The molecule has 2 rings (SSSR count). The second-order valence-electron chi connectivity index (χ2n) is 5.33. The van der Waals surface area contributed by atoms with Gasteiger partial charge in [0.2, 0.25) is 0 Å². The first kappa shape index (κ1) is 14.5. The molecule has 19 heavy (non-hydrogen) atoms. The number of aryl methyl sites for hydroxylation is 2. The summed E-state index contributed by atoms with van der Waals surface area (Å²) < 4.78 is 6.33. The summed E-state index contributed by atoms with van der Waals surface area (Å²) >= 11 is 4.83. The lowest BCUT2D eigenvalue weighted by Gasteiger charge is -2.17. The molecule has 0 aliphatic carbocycles. The van der Waals surface area contributed by atoms with Crippen molar-refractivity contribution < 1.29 is 4.42 Å². The molecule has 0 amide bonds. The van der Waals surface area contributed by atoms with Gasteiger partial charge in [0.25, 0.3) is 5.22 Å². The van der Waals surface area contributed by atoms with Gasteiger partial charge < -0.3 is 4.42 Å². The number of aromatic nitrogens is 3. The van der Waals surface area contributed by atoms with E-state index in [1.54, 1.807) is 0 Å². The van der Waals surface area contributed by atoms with Crippen molar-refractivity contribution in [3.63, 3.8) is 0 Å². The van der Waals surface area contributed by atoms with Crippen LogP contribution < -0.4 is 0 Å². The van der Waals surface area contributed by atoms with Crippen molar-refractivity contribution in [3.05, 3.63) is 27.9 Å². The van der Waals surface area contributed by atoms with E-state index in [2.05, 4.69) is 51.7 Å². The van der Waals surface area contributed by atoms with E-state index in [1.165, 1.54) is 11.8 Å². The summed E-state index contributed by atoms with van der Waals surface area (Å²) in [4.78, 5) is 13.3. The second kappa shape index (κ2) is 5.25. The van der Waals surface area contributed by atoms with Crippen LogP contribution in [-0.2, 0) is 5.41 Å². The van der Waals surface area contributed by atoms with E-state index < -0.39 is 0 Å². The Morgan fingerprint density at radius 1 is 1.16 bits per heavy atom. The van der Waals surface area contributed by atoms with Crippen LogP contribution in [0.1, 0.15) is 38.0 Å². The first-order chi connectivity index (χ1) is 8.75. The van der Waals surface area contributed by atoms with E-state index in [4.69, 9.17) is 4.42 Å². The summed E-state index contributed by atoms with van der Waals surface area (Å²) in [6.45, 7) is 10.1. The zero-order chi connectivity index (χ0) is 14.2. The van der Waals surface area contributed by atoms with Gasteiger partial charge in [0.15, 0.2) is 0 Å². The summed E-state index contributed by atoms with van der Waals surface area (Å²) in [6, 6.07) is 1.87. The van der Waals surface area contributed by atoms with Crippen LogP contribution in [0.5, 0.6) is 0 Å². The molecule has 2 aromatic rings. The minimum atomic E-state index is -0.0957. The smallest absolute Gasteiger partial charge is 0.262 e. The molecule has 0 saturated carbocycles. The molecule has 0 fully saturated rings. The molecule has 2 aromatic heterocycles. The van der Waals surface area contributed by atoms with Gasteiger partial charge in [-0.15, -0.1) is 0 Å². The number of rotatable bonds is 2. The normalized spacial score (nSPS) is 11.9. The van der Waals surface area contributed by atoms with Crippen LogP contribution in [0, 0.1) is 13.8 Å². The van der Waals surface area contributed by atoms with Crippen LogP contribution in [0.2, 0.25) is 0 Å². The highest BCUT2D eigenvalue weighted by Crippen LogP contribution is 2.30. The van der Waals surface area contributed by atoms with Crippen molar-refractivity contribution in [1.82, 2.24) is 15.0 Å². The molecule has 0 atom stereocenters.